The lowest BCUT2D eigenvalue weighted by Crippen LogP contribution is -2.45. The van der Waals surface area contributed by atoms with E-state index in [1.165, 1.54) is 43.4 Å². The standard InChI is InChI=1S/C17H28N4S.HI/c1-3-15-10-19-16(22-15)11-20-17(18-2)21-14-8-7-12-5-4-6-13(12)9-14;/h10,12-14H,3-9,11H2,1-2H3,(H2,18,20,21);1H. The van der Waals surface area contributed by atoms with Crippen molar-refractivity contribution in [1.29, 1.82) is 0 Å². The van der Waals surface area contributed by atoms with Gasteiger partial charge in [-0.2, -0.15) is 0 Å². The van der Waals surface area contributed by atoms with Gasteiger partial charge in [-0.05, 0) is 37.5 Å². The van der Waals surface area contributed by atoms with Crippen LogP contribution in [0.25, 0.3) is 0 Å². The number of aliphatic imine (C=N–C) groups is 1. The summed E-state index contributed by atoms with van der Waals surface area (Å²) < 4.78 is 0. The predicted octanol–water partition coefficient (Wildman–Crippen LogP) is 3.96. The van der Waals surface area contributed by atoms with Gasteiger partial charge in [-0.1, -0.05) is 26.2 Å². The van der Waals surface area contributed by atoms with Gasteiger partial charge in [-0.15, -0.1) is 35.3 Å². The third-order valence-corrected chi connectivity index (χ3v) is 6.35. The van der Waals surface area contributed by atoms with Crippen LogP contribution in [0.3, 0.4) is 0 Å². The maximum absolute atomic E-state index is 4.46. The molecule has 2 aliphatic carbocycles. The second-order valence-electron chi connectivity index (χ2n) is 6.61. The normalized spacial score (nSPS) is 27.2. The lowest BCUT2D eigenvalue weighted by molar-refractivity contribution is 0.239. The van der Waals surface area contributed by atoms with Gasteiger partial charge in [-0.3, -0.25) is 4.99 Å². The van der Waals surface area contributed by atoms with Gasteiger partial charge in [0, 0.05) is 24.2 Å². The molecule has 0 aromatic carbocycles. The third-order valence-electron chi connectivity index (χ3n) is 5.21. The summed E-state index contributed by atoms with van der Waals surface area (Å²) in [6.45, 7) is 2.94. The zero-order valence-corrected chi connectivity index (χ0v) is 17.3. The molecule has 3 unspecified atom stereocenters. The van der Waals surface area contributed by atoms with Gasteiger partial charge in [0.05, 0.1) is 6.54 Å². The van der Waals surface area contributed by atoms with Crippen molar-refractivity contribution in [1.82, 2.24) is 15.6 Å². The van der Waals surface area contributed by atoms with Crippen LogP contribution >= 0.6 is 35.3 Å². The number of hydrogen-bond acceptors (Lipinski definition) is 3. The highest BCUT2D eigenvalue weighted by Crippen LogP contribution is 2.41. The van der Waals surface area contributed by atoms with Crippen LogP contribution in [0.2, 0.25) is 0 Å². The topological polar surface area (TPSA) is 49.3 Å². The molecule has 4 nitrogen and oxygen atoms in total. The van der Waals surface area contributed by atoms with Crippen LogP contribution in [-0.4, -0.2) is 24.0 Å². The van der Waals surface area contributed by atoms with Gasteiger partial charge in [0.15, 0.2) is 5.96 Å². The van der Waals surface area contributed by atoms with Gasteiger partial charge in [0.1, 0.15) is 5.01 Å². The van der Waals surface area contributed by atoms with Gasteiger partial charge in [0.25, 0.3) is 0 Å². The molecule has 3 rings (SSSR count). The average molecular weight is 448 g/mol. The highest BCUT2D eigenvalue weighted by molar-refractivity contribution is 14.0. The van der Waals surface area contributed by atoms with E-state index in [9.17, 15) is 0 Å². The Balaban J connectivity index is 0.00000192. The number of aryl methyl sites for hydroxylation is 1. The van der Waals surface area contributed by atoms with Crippen molar-refractivity contribution in [2.75, 3.05) is 7.05 Å². The molecule has 0 aliphatic heterocycles. The van der Waals surface area contributed by atoms with Crippen molar-refractivity contribution in [2.45, 2.75) is 64.5 Å². The molecule has 2 saturated carbocycles. The number of thiazole rings is 1. The van der Waals surface area contributed by atoms with Crippen LogP contribution in [0, 0.1) is 11.8 Å². The van der Waals surface area contributed by atoms with Crippen molar-refractivity contribution in [3.8, 4) is 0 Å². The Morgan fingerprint density at radius 2 is 2.13 bits per heavy atom. The van der Waals surface area contributed by atoms with E-state index in [-0.39, 0.29) is 24.0 Å². The Morgan fingerprint density at radius 1 is 1.30 bits per heavy atom. The van der Waals surface area contributed by atoms with E-state index in [4.69, 9.17) is 0 Å². The van der Waals surface area contributed by atoms with E-state index in [1.54, 1.807) is 11.3 Å². The van der Waals surface area contributed by atoms with Crippen LogP contribution in [0.5, 0.6) is 0 Å². The Morgan fingerprint density at radius 3 is 2.87 bits per heavy atom. The lowest BCUT2D eigenvalue weighted by atomic mass is 9.79. The number of nitrogens with one attached hydrogen (secondary N) is 2. The fraction of sp³-hybridized carbons (Fsp3) is 0.765. The van der Waals surface area contributed by atoms with Crippen molar-refractivity contribution >= 4 is 41.3 Å². The minimum atomic E-state index is 0. The zero-order chi connectivity index (χ0) is 15.4. The first-order valence-electron chi connectivity index (χ1n) is 8.69. The van der Waals surface area contributed by atoms with E-state index in [2.05, 4.69) is 27.5 Å². The van der Waals surface area contributed by atoms with E-state index < -0.39 is 0 Å². The monoisotopic (exact) mass is 448 g/mol. The Labute approximate surface area is 161 Å². The second kappa shape index (κ2) is 9.20. The predicted molar refractivity (Wildman–Crippen MR) is 109 cm³/mol. The van der Waals surface area contributed by atoms with E-state index in [1.807, 2.05) is 13.2 Å². The molecule has 6 heteroatoms. The molecule has 0 radical (unpaired) electrons. The molecule has 2 aliphatic rings. The molecular formula is C17H29IN4S. The summed E-state index contributed by atoms with van der Waals surface area (Å²) in [4.78, 5) is 10.2. The van der Waals surface area contributed by atoms with E-state index >= 15 is 0 Å². The molecule has 0 bridgehead atoms. The first kappa shape index (κ1) is 19.0. The fourth-order valence-corrected chi connectivity index (χ4v) is 4.78. The molecule has 1 heterocycles. The maximum atomic E-state index is 4.46. The van der Waals surface area contributed by atoms with Gasteiger partial charge >= 0.3 is 0 Å². The summed E-state index contributed by atoms with van der Waals surface area (Å²) in [5.74, 6) is 2.89. The number of rotatable bonds is 4. The summed E-state index contributed by atoms with van der Waals surface area (Å²) in [5.41, 5.74) is 0. The average Bonchev–Trinajstić information content (AvgIpc) is 3.19. The SMILES string of the molecule is CCc1cnc(CNC(=NC)NC2CCC3CCCC3C2)s1.I. The summed E-state index contributed by atoms with van der Waals surface area (Å²) in [5, 5.41) is 8.18. The molecule has 0 saturated heterocycles. The summed E-state index contributed by atoms with van der Waals surface area (Å²) in [6, 6.07) is 0.591. The maximum Gasteiger partial charge on any atom is 0.191 e. The summed E-state index contributed by atoms with van der Waals surface area (Å²) >= 11 is 1.79. The van der Waals surface area contributed by atoms with Crippen molar-refractivity contribution < 1.29 is 0 Å². The quantitative estimate of drug-likeness (QED) is 0.417. The smallest absolute Gasteiger partial charge is 0.191 e. The lowest BCUT2D eigenvalue weighted by Gasteiger charge is -2.33. The first-order chi connectivity index (χ1) is 10.8. The van der Waals surface area contributed by atoms with E-state index in [0.717, 1.165) is 35.8 Å². The third kappa shape index (κ3) is 5.05. The molecule has 0 amide bonds. The highest BCUT2D eigenvalue weighted by atomic mass is 127. The molecule has 130 valence electrons. The van der Waals surface area contributed by atoms with Crippen molar-refractivity contribution in [3.05, 3.63) is 16.1 Å². The summed E-state index contributed by atoms with van der Waals surface area (Å²) in [6.07, 6.45) is 11.4. The van der Waals surface area contributed by atoms with Crippen molar-refractivity contribution in [2.24, 2.45) is 16.8 Å². The van der Waals surface area contributed by atoms with Crippen LogP contribution in [0.4, 0.5) is 0 Å². The van der Waals surface area contributed by atoms with Crippen LogP contribution in [0.1, 0.15) is 55.3 Å². The van der Waals surface area contributed by atoms with Crippen LogP contribution in [-0.2, 0) is 13.0 Å². The number of nitrogens with zero attached hydrogens (tertiary/aromatic N) is 2. The Kier molecular flexibility index (Phi) is 7.59. The molecule has 1 aromatic heterocycles. The summed E-state index contributed by atoms with van der Waals surface area (Å²) in [7, 11) is 1.86. The van der Waals surface area contributed by atoms with E-state index in [0.29, 0.717) is 6.04 Å². The number of halogens is 1. The first-order valence-corrected chi connectivity index (χ1v) is 9.51. The number of aromatic nitrogens is 1. The molecule has 2 fully saturated rings. The largest absolute Gasteiger partial charge is 0.354 e. The molecular weight excluding hydrogens is 419 g/mol. The molecule has 23 heavy (non-hydrogen) atoms. The Hall–Kier alpha value is -0.370. The Bertz CT molecular complexity index is 516. The number of hydrogen-bond donors (Lipinski definition) is 2. The van der Waals surface area contributed by atoms with Gasteiger partial charge in [-0.25, -0.2) is 4.98 Å². The minimum absolute atomic E-state index is 0. The number of fused-ring (bicyclic) bond motifs is 1. The molecule has 3 atom stereocenters. The fourth-order valence-electron chi connectivity index (χ4n) is 3.97. The highest BCUT2D eigenvalue weighted by Gasteiger charge is 2.33. The number of guanidine groups is 1. The van der Waals surface area contributed by atoms with Gasteiger partial charge < -0.3 is 10.6 Å². The second-order valence-corrected chi connectivity index (χ2v) is 7.80. The van der Waals surface area contributed by atoms with Crippen LogP contribution < -0.4 is 10.6 Å². The molecule has 0 spiro atoms. The van der Waals surface area contributed by atoms with Crippen LogP contribution in [0.15, 0.2) is 11.2 Å². The van der Waals surface area contributed by atoms with Gasteiger partial charge in [0.2, 0.25) is 0 Å². The minimum Gasteiger partial charge on any atom is -0.354 e. The zero-order valence-electron chi connectivity index (χ0n) is 14.2. The molecule has 2 N–H and O–H groups in total. The molecule has 1 aromatic rings. The van der Waals surface area contributed by atoms with Crippen molar-refractivity contribution in [3.63, 3.8) is 0 Å².